The van der Waals surface area contributed by atoms with Crippen molar-refractivity contribution in [1.29, 1.82) is 0 Å². The van der Waals surface area contributed by atoms with Crippen LogP contribution in [0.2, 0.25) is 0 Å². The van der Waals surface area contributed by atoms with Gasteiger partial charge in [0.05, 0.1) is 7.11 Å². The Morgan fingerprint density at radius 3 is 2.48 bits per heavy atom. The van der Waals surface area contributed by atoms with Crippen LogP contribution in [0.4, 0.5) is 0 Å². The molecule has 0 N–H and O–H groups in total. The summed E-state index contributed by atoms with van der Waals surface area (Å²) in [6.45, 7) is 0.836. The Morgan fingerprint density at radius 2 is 1.90 bits per heavy atom. The Balaban J connectivity index is 0.00000220. The lowest BCUT2D eigenvalue weighted by Gasteiger charge is -2.38. The molecule has 0 unspecified atom stereocenters. The number of nitrogens with zero attached hydrogens (tertiary/aromatic N) is 1. The number of hydrogen-bond acceptors (Lipinski definition) is 3. The SMILES string of the molecule is C.COc1cccc(C(=O)C2(CN(C)C)CCCCC2)c1. The van der Waals surface area contributed by atoms with Gasteiger partial charge >= 0.3 is 0 Å². The van der Waals surface area contributed by atoms with E-state index in [9.17, 15) is 4.79 Å². The summed E-state index contributed by atoms with van der Waals surface area (Å²) in [4.78, 5) is 15.2. The third kappa shape index (κ3) is 4.07. The molecule has 3 nitrogen and oxygen atoms in total. The van der Waals surface area contributed by atoms with Gasteiger partial charge in [-0.2, -0.15) is 0 Å². The van der Waals surface area contributed by atoms with Crippen molar-refractivity contribution in [3.8, 4) is 5.75 Å². The molecule has 2 rings (SSSR count). The number of Topliss-reactive ketones (excluding diaryl/α,β-unsaturated/α-hetero) is 1. The van der Waals surface area contributed by atoms with Gasteiger partial charge in [0.2, 0.25) is 0 Å². The molecule has 118 valence electrons. The van der Waals surface area contributed by atoms with Crippen LogP contribution in [0, 0.1) is 5.41 Å². The first-order chi connectivity index (χ1) is 9.57. The lowest BCUT2D eigenvalue weighted by molar-refractivity contribution is 0.0638. The molecule has 0 heterocycles. The molecule has 0 atom stereocenters. The van der Waals surface area contributed by atoms with Crippen molar-refractivity contribution in [2.24, 2.45) is 5.41 Å². The minimum atomic E-state index is -0.214. The molecule has 0 amide bonds. The van der Waals surface area contributed by atoms with E-state index in [1.54, 1.807) is 7.11 Å². The zero-order valence-corrected chi connectivity index (χ0v) is 12.8. The molecule has 1 aliphatic rings. The minimum Gasteiger partial charge on any atom is -0.497 e. The summed E-state index contributed by atoms with van der Waals surface area (Å²) < 4.78 is 5.24. The van der Waals surface area contributed by atoms with E-state index in [0.717, 1.165) is 43.5 Å². The lowest BCUT2D eigenvalue weighted by Crippen LogP contribution is -2.42. The van der Waals surface area contributed by atoms with Crippen molar-refractivity contribution in [2.75, 3.05) is 27.7 Å². The summed E-state index contributed by atoms with van der Waals surface area (Å²) in [5.41, 5.74) is 0.571. The predicted molar refractivity (Wildman–Crippen MR) is 88.1 cm³/mol. The van der Waals surface area contributed by atoms with Gasteiger partial charge in [-0.3, -0.25) is 4.79 Å². The summed E-state index contributed by atoms with van der Waals surface area (Å²) in [5.74, 6) is 1.04. The van der Waals surface area contributed by atoms with Crippen LogP contribution in [-0.2, 0) is 0 Å². The van der Waals surface area contributed by atoms with E-state index >= 15 is 0 Å². The fourth-order valence-electron chi connectivity index (χ4n) is 3.36. The van der Waals surface area contributed by atoms with Crippen molar-refractivity contribution in [3.05, 3.63) is 29.8 Å². The number of rotatable bonds is 5. The molecule has 21 heavy (non-hydrogen) atoms. The number of methoxy groups -OCH3 is 1. The van der Waals surface area contributed by atoms with Crippen molar-refractivity contribution < 1.29 is 9.53 Å². The van der Waals surface area contributed by atoms with Crippen LogP contribution in [0.1, 0.15) is 49.9 Å². The highest BCUT2D eigenvalue weighted by Gasteiger charge is 2.40. The van der Waals surface area contributed by atoms with Crippen LogP contribution in [0.15, 0.2) is 24.3 Å². The quantitative estimate of drug-likeness (QED) is 0.767. The standard InChI is InChI=1S/C17H25NO2.CH4/c1-18(2)13-17(10-5-4-6-11-17)16(19)14-8-7-9-15(12-14)20-3;/h7-9,12H,4-6,10-11,13H2,1-3H3;1H4. The van der Waals surface area contributed by atoms with Gasteiger partial charge in [0, 0.05) is 17.5 Å². The molecule has 0 aromatic heterocycles. The second-order valence-corrected chi connectivity index (χ2v) is 6.14. The second kappa shape index (κ2) is 7.60. The highest BCUT2D eigenvalue weighted by atomic mass is 16.5. The van der Waals surface area contributed by atoms with Gasteiger partial charge in [-0.1, -0.05) is 38.8 Å². The maximum Gasteiger partial charge on any atom is 0.170 e. The molecule has 3 heteroatoms. The molecule has 1 aromatic rings. The normalized spacial score (nSPS) is 17.1. The highest BCUT2D eigenvalue weighted by molar-refractivity contribution is 6.01. The molecule has 1 fully saturated rings. The van der Waals surface area contributed by atoms with Crippen molar-refractivity contribution in [3.63, 3.8) is 0 Å². The van der Waals surface area contributed by atoms with Gasteiger partial charge in [-0.05, 0) is 39.1 Å². The first-order valence-corrected chi connectivity index (χ1v) is 7.41. The molecular weight excluding hydrogens is 262 g/mol. The highest BCUT2D eigenvalue weighted by Crippen LogP contribution is 2.40. The summed E-state index contributed by atoms with van der Waals surface area (Å²) in [5, 5.41) is 0. The number of benzene rings is 1. The summed E-state index contributed by atoms with van der Waals surface area (Å²) in [6.07, 6.45) is 5.57. The number of carbonyl (C=O) groups is 1. The van der Waals surface area contributed by atoms with E-state index in [0.29, 0.717) is 0 Å². The van der Waals surface area contributed by atoms with E-state index < -0.39 is 0 Å². The summed E-state index contributed by atoms with van der Waals surface area (Å²) in [7, 11) is 5.74. The van der Waals surface area contributed by atoms with Crippen LogP contribution in [0.5, 0.6) is 5.75 Å². The lowest BCUT2D eigenvalue weighted by atomic mass is 9.69. The van der Waals surface area contributed by atoms with Crippen LogP contribution >= 0.6 is 0 Å². The van der Waals surface area contributed by atoms with E-state index in [-0.39, 0.29) is 18.6 Å². The number of hydrogen-bond donors (Lipinski definition) is 0. The van der Waals surface area contributed by atoms with Gasteiger partial charge in [0.25, 0.3) is 0 Å². The molecule has 1 saturated carbocycles. The van der Waals surface area contributed by atoms with E-state index in [2.05, 4.69) is 19.0 Å². The molecule has 0 aliphatic heterocycles. The first-order valence-electron chi connectivity index (χ1n) is 7.41. The summed E-state index contributed by atoms with van der Waals surface area (Å²) in [6, 6.07) is 7.57. The molecule has 0 spiro atoms. The Bertz CT molecular complexity index is 462. The minimum absolute atomic E-state index is 0. The van der Waals surface area contributed by atoms with Gasteiger partial charge in [-0.25, -0.2) is 0 Å². The van der Waals surface area contributed by atoms with Gasteiger partial charge in [0.1, 0.15) is 5.75 Å². The number of ether oxygens (including phenoxy) is 1. The molecule has 1 aromatic carbocycles. The van der Waals surface area contributed by atoms with Crippen molar-refractivity contribution >= 4 is 5.78 Å². The zero-order valence-electron chi connectivity index (χ0n) is 12.8. The van der Waals surface area contributed by atoms with E-state index in [4.69, 9.17) is 4.74 Å². The maximum absolute atomic E-state index is 13.0. The third-order valence-electron chi connectivity index (χ3n) is 4.24. The Morgan fingerprint density at radius 1 is 1.24 bits per heavy atom. The average molecular weight is 291 g/mol. The zero-order chi connectivity index (χ0) is 14.6. The van der Waals surface area contributed by atoms with Crippen molar-refractivity contribution in [2.45, 2.75) is 39.5 Å². The molecule has 1 aliphatic carbocycles. The largest absolute Gasteiger partial charge is 0.497 e. The topological polar surface area (TPSA) is 29.5 Å². The van der Waals surface area contributed by atoms with Crippen LogP contribution < -0.4 is 4.74 Å². The second-order valence-electron chi connectivity index (χ2n) is 6.14. The monoisotopic (exact) mass is 291 g/mol. The van der Waals surface area contributed by atoms with Gasteiger partial charge in [0.15, 0.2) is 5.78 Å². The Hall–Kier alpha value is -1.35. The van der Waals surface area contributed by atoms with Gasteiger partial charge < -0.3 is 9.64 Å². The predicted octanol–water partition coefficient (Wildman–Crippen LogP) is 4.03. The molecule has 0 saturated heterocycles. The molecule has 0 bridgehead atoms. The van der Waals surface area contributed by atoms with Crippen LogP contribution in [-0.4, -0.2) is 38.4 Å². The first kappa shape index (κ1) is 17.7. The summed E-state index contributed by atoms with van der Waals surface area (Å²) >= 11 is 0. The average Bonchev–Trinajstić information content (AvgIpc) is 2.46. The Labute approximate surface area is 129 Å². The Kier molecular flexibility index (Phi) is 6.41. The van der Waals surface area contributed by atoms with Gasteiger partial charge in [-0.15, -0.1) is 0 Å². The third-order valence-corrected chi connectivity index (χ3v) is 4.24. The number of ketones is 1. The smallest absolute Gasteiger partial charge is 0.170 e. The molecule has 0 radical (unpaired) electrons. The van der Waals surface area contributed by atoms with Crippen LogP contribution in [0.3, 0.4) is 0 Å². The fourth-order valence-corrected chi connectivity index (χ4v) is 3.36. The van der Waals surface area contributed by atoms with E-state index in [1.165, 1.54) is 6.42 Å². The maximum atomic E-state index is 13.0. The number of carbonyl (C=O) groups excluding carboxylic acids is 1. The molecular formula is C18H29NO2. The van der Waals surface area contributed by atoms with Crippen LogP contribution in [0.25, 0.3) is 0 Å². The van der Waals surface area contributed by atoms with Crippen molar-refractivity contribution in [1.82, 2.24) is 4.90 Å². The van der Waals surface area contributed by atoms with E-state index in [1.807, 2.05) is 24.3 Å². The fraction of sp³-hybridized carbons (Fsp3) is 0.611.